The third-order valence-electron chi connectivity index (χ3n) is 18.0. The standard InChI is InChI=1S/C13H17N3OS.C13H16N2O2.C13H16N2.C12H15N3.C11H14N2O.C11H14N2S.C9H15NO.C8H14N2.8C2H6/c1-13(2,3)8-5-6-9-10(7-8)18-12(15-9)16-11(17)14-4;1-8(16)14-12-15-10-6-5-9(13(2,3)4)7-11(10)17-12;1-13(2,3)10-5-6-11-9(8-10)4-7-12(14)15-11;1-12(2,3)9-4-5-10-8(6-9)7-14-11(13)15-10;2*1-11(2,3)7-4-5-9-8(6-7)13-10(12)14-9;1-9(2,3)6-7-4-5-10-8(7)11;1-8(2,3)7-5-9-10(4)6-7;8*1-2/h5-7H,1-4H3,(H2,14,15,16,17);5-7H,1-4H3,(H,14,15,16);4-8H,1-3H3,(H2,14,15);4-7H,1-3H3,(H2,13,14,15);2*4-6H,1-3H3,(H2,12,13);6H,4-5H2,1-3H3,(H,10,11);5-6H,1-4H3;8*1-2H3/b;;;;;;7-6-;;;;;;;;;. The van der Waals surface area contributed by atoms with E-state index in [1.54, 1.807) is 13.2 Å². The van der Waals surface area contributed by atoms with Gasteiger partial charge in [0, 0.05) is 56.3 Å². The van der Waals surface area contributed by atoms with Gasteiger partial charge in [0.2, 0.25) is 17.8 Å². The number of benzene rings is 6. The molecular formula is C106H169N17O5S2. The molecule has 0 aliphatic carbocycles. The zero-order chi connectivity index (χ0) is 101. The van der Waals surface area contributed by atoms with E-state index in [9.17, 15) is 14.4 Å². The highest BCUT2D eigenvalue weighted by Crippen LogP contribution is 2.35. The van der Waals surface area contributed by atoms with Crippen molar-refractivity contribution >= 4 is 139 Å². The first kappa shape index (κ1) is 121. The summed E-state index contributed by atoms with van der Waals surface area (Å²) in [5, 5.41) is 18.1. The van der Waals surface area contributed by atoms with Gasteiger partial charge < -0.3 is 42.4 Å². The van der Waals surface area contributed by atoms with E-state index in [4.69, 9.17) is 31.8 Å². The highest BCUT2D eigenvalue weighted by molar-refractivity contribution is 7.22. The molecular weight excluding hydrogens is 1660 g/mol. The minimum absolute atomic E-state index is 0.0646. The number of rotatable bonds is 2. The van der Waals surface area contributed by atoms with Crippen LogP contribution in [0.2, 0.25) is 0 Å². The van der Waals surface area contributed by atoms with Crippen molar-refractivity contribution in [1.82, 2.24) is 55.3 Å². The molecule has 14 rings (SSSR count). The molecule has 0 bridgehead atoms. The van der Waals surface area contributed by atoms with E-state index >= 15 is 0 Å². The molecule has 7 aromatic heterocycles. The number of allylic oxidation sites excluding steroid dienone is 1. The molecule has 24 heteroatoms. The third kappa shape index (κ3) is 42.4. The number of aryl methyl sites for hydroxylation is 1. The number of urea groups is 1. The van der Waals surface area contributed by atoms with Gasteiger partial charge in [0.05, 0.1) is 37.7 Å². The third-order valence-corrected chi connectivity index (χ3v) is 19.8. The van der Waals surface area contributed by atoms with E-state index in [2.05, 4.69) is 294 Å². The highest BCUT2D eigenvalue weighted by atomic mass is 32.1. The average Bonchev–Trinajstić information content (AvgIpc) is 1.70. The fourth-order valence-electron chi connectivity index (χ4n) is 11.2. The monoisotopic (exact) mass is 1820 g/mol. The lowest BCUT2D eigenvalue weighted by atomic mass is 9.86. The number of nitrogens with zero attached hydrogens (tertiary/aromatic N) is 9. The molecule has 0 radical (unpaired) electrons. The van der Waals surface area contributed by atoms with Gasteiger partial charge in [-0.15, -0.1) is 0 Å². The number of carbonyl (C=O) groups excluding carboxylic acids is 3. The second kappa shape index (κ2) is 56.7. The maximum absolute atomic E-state index is 11.2. The Morgan fingerprint density at radius 2 is 0.877 bits per heavy atom. The number of nitrogen functional groups attached to an aromatic ring is 4. The van der Waals surface area contributed by atoms with Crippen LogP contribution in [0.3, 0.4) is 0 Å². The molecule has 1 fully saturated rings. The summed E-state index contributed by atoms with van der Waals surface area (Å²) < 4.78 is 14.8. The molecule has 1 aliphatic rings. The van der Waals surface area contributed by atoms with Crippen LogP contribution in [-0.2, 0) is 54.5 Å². The lowest BCUT2D eigenvalue weighted by molar-refractivity contribution is -0.116. The zero-order valence-electron chi connectivity index (χ0n) is 88.0. The largest absolute Gasteiger partial charge is 0.424 e. The van der Waals surface area contributed by atoms with E-state index in [1.807, 2.05) is 195 Å². The number of fused-ring (bicyclic) bond motifs is 6. The fourth-order valence-corrected chi connectivity index (χ4v) is 12.8. The summed E-state index contributed by atoms with van der Waals surface area (Å²) in [5.41, 5.74) is 40.1. The summed E-state index contributed by atoms with van der Waals surface area (Å²) in [6.07, 6.45) is 8.68. The van der Waals surface area contributed by atoms with Gasteiger partial charge in [0.1, 0.15) is 16.9 Å². The summed E-state index contributed by atoms with van der Waals surface area (Å²) in [4.78, 5) is 62.6. The molecule has 1 saturated heterocycles. The molecule has 130 heavy (non-hydrogen) atoms. The lowest BCUT2D eigenvalue weighted by Crippen LogP contribution is -2.24. The van der Waals surface area contributed by atoms with Crippen LogP contribution in [0, 0.1) is 5.41 Å². The Morgan fingerprint density at radius 1 is 0.431 bits per heavy atom. The van der Waals surface area contributed by atoms with Crippen LogP contribution in [0.5, 0.6) is 0 Å². The topological polar surface area (TPSA) is 338 Å². The summed E-state index contributed by atoms with van der Waals surface area (Å²) in [6, 6.07) is 41.1. The maximum Gasteiger partial charge on any atom is 0.320 e. The van der Waals surface area contributed by atoms with Crippen molar-refractivity contribution in [3.05, 3.63) is 191 Å². The van der Waals surface area contributed by atoms with Gasteiger partial charge in [0.15, 0.2) is 21.4 Å². The predicted molar refractivity (Wildman–Crippen MR) is 569 cm³/mol. The Morgan fingerprint density at radius 3 is 1.33 bits per heavy atom. The van der Waals surface area contributed by atoms with Crippen molar-refractivity contribution in [2.45, 2.75) is 328 Å². The summed E-state index contributed by atoms with van der Waals surface area (Å²) in [6.45, 7) is 86.3. The number of anilines is 6. The smallest absolute Gasteiger partial charge is 0.320 e. The van der Waals surface area contributed by atoms with Crippen LogP contribution in [-0.4, -0.2) is 76.1 Å². The van der Waals surface area contributed by atoms with Crippen molar-refractivity contribution < 1.29 is 23.2 Å². The number of aromatic nitrogens is 9. The van der Waals surface area contributed by atoms with Crippen molar-refractivity contribution in [2.24, 2.45) is 12.5 Å². The first-order chi connectivity index (χ1) is 60.6. The van der Waals surface area contributed by atoms with Crippen LogP contribution >= 0.6 is 22.7 Å². The molecule has 12 N–H and O–H groups in total. The molecule has 4 amide bonds. The SMILES string of the molecule is CC.CC.CC.CC.CC.CC.CC.CC.CC(=O)Nc1nc2ccc(C(C)(C)C)cc2o1.CC(C)(C)/C=C1/CCNC1=O.CC(C)(C)c1ccc2nc(N)ccc2c1.CC(C)(C)c1ccc2nc(N)ncc2c1.CC(C)(C)c1ccc2oc(N)nc2c1.CC(C)(C)c1ccc2sc(N)nc2c1.CNC(=O)Nc1nc2ccc(C(C)(C)C)cc2s1.Cn1cc(C(C)(C)C)cn1. The number of pyridine rings is 1. The van der Waals surface area contributed by atoms with Crippen molar-refractivity contribution in [1.29, 1.82) is 0 Å². The van der Waals surface area contributed by atoms with Gasteiger partial charge in [-0.05, 0) is 174 Å². The summed E-state index contributed by atoms with van der Waals surface area (Å²) >= 11 is 3.03. The Labute approximate surface area is 790 Å². The number of amides is 4. The minimum atomic E-state index is -0.245. The Balaban J connectivity index is 0. The molecule has 22 nitrogen and oxygen atoms in total. The molecule has 6 aromatic carbocycles. The first-order valence-corrected chi connectivity index (χ1v) is 47.9. The van der Waals surface area contributed by atoms with Crippen molar-refractivity contribution in [3.63, 3.8) is 0 Å². The van der Waals surface area contributed by atoms with E-state index in [-0.39, 0.29) is 73.2 Å². The number of nitrogens with one attached hydrogen (secondary N) is 4. The van der Waals surface area contributed by atoms with E-state index in [0.29, 0.717) is 27.6 Å². The van der Waals surface area contributed by atoms with Crippen LogP contribution in [0.25, 0.3) is 64.4 Å². The number of hydrogen-bond donors (Lipinski definition) is 8. The molecule has 13 aromatic rings. The van der Waals surface area contributed by atoms with E-state index in [0.717, 1.165) is 77.4 Å². The number of carbonyl (C=O) groups is 3. The Hall–Kier alpha value is -10.9. The van der Waals surface area contributed by atoms with Gasteiger partial charge in [-0.3, -0.25) is 24.9 Å². The number of thiazole rings is 2. The predicted octanol–water partition coefficient (Wildman–Crippen LogP) is 29.3. The maximum atomic E-state index is 11.2. The van der Waals surface area contributed by atoms with Crippen molar-refractivity contribution in [3.8, 4) is 0 Å². The van der Waals surface area contributed by atoms with Crippen LogP contribution in [0.1, 0.15) is 329 Å². The summed E-state index contributed by atoms with van der Waals surface area (Å²) in [7, 11) is 3.52. The zero-order valence-corrected chi connectivity index (χ0v) is 89.6. The Kier molecular flexibility index (Phi) is 52.8. The van der Waals surface area contributed by atoms with Gasteiger partial charge in [0.25, 0.3) is 6.01 Å². The number of hydrogen-bond acceptors (Lipinski definition) is 19. The highest BCUT2D eigenvalue weighted by Gasteiger charge is 2.23. The molecule has 1 aliphatic heterocycles. The average molecular weight is 1830 g/mol. The molecule has 0 spiro atoms. The number of oxazole rings is 2. The van der Waals surface area contributed by atoms with Crippen molar-refractivity contribution in [2.75, 3.05) is 47.2 Å². The van der Waals surface area contributed by atoms with Crippen LogP contribution in [0.15, 0.2) is 160 Å². The quantitative estimate of drug-likeness (QED) is 0.0745. The van der Waals surface area contributed by atoms with E-state index in [1.165, 1.54) is 68.5 Å². The van der Waals surface area contributed by atoms with Gasteiger partial charge >= 0.3 is 12.0 Å². The van der Waals surface area contributed by atoms with Gasteiger partial charge in [-0.25, -0.2) is 29.7 Å². The van der Waals surface area contributed by atoms with Gasteiger partial charge in [-0.1, -0.05) is 342 Å². The molecule has 0 unspecified atom stereocenters. The van der Waals surface area contributed by atoms with Gasteiger partial charge in [-0.2, -0.15) is 15.1 Å². The number of nitrogens with two attached hydrogens (primary N) is 4. The molecule has 720 valence electrons. The second-order valence-corrected chi connectivity index (χ2v) is 38.7. The minimum Gasteiger partial charge on any atom is -0.424 e. The molecule has 0 saturated carbocycles. The molecule has 8 heterocycles. The molecule has 0 atom stereocenters. The van der Waals surface area contributed by atoms with Crippen LogP contribution in [0.4, 0.5) is 38.9 Å². The van der Waals surface area contributed by atoms with Crippen LogP contribution < -0.4 is 44.2 Å². The normalized spacial score (nSPS) is 11.7. The summed E-state index contributed by atoms with van der Waals surface area (Å²) in [5.74, 6) is 0.824. The Bertz CT molecular complexity index is 5310. The second-order valence-electron chi connectivity index (χ2n) is 36.6. The lowest BCUT2D eigenvalue weighted by Gasteiger charge is -2.19. The fraction of sp³-hybridized carbons (Fsp3) is 0.500. The van der Waals surface area contributed by atoms with E-state index < -0.39 is 0 Å². The first-order valence-electron chi connectivity index (χ1n) is 46.2.